The minimum Gasteiger partial charge on any atom is -0.331 e. The lowest BCUT2D eigenvalue weighted by Gasteiger charge is -2.18. The number of hydrogen-bond donors (Lipinski definition) is 1. The van der Waals surface area contributed by atoms with E-state index in [1.165, 1.54) is 28.2 Å². The predicted octanol–water partition coefficient (Wildman–Crippen LogP) is 4.03. The van der Waals surface area contributed by atoms with E-state index in [0.29, 0.717) is 5.92 Å². The van der Waals surface area contributed by atoms with Gasteiger partial charge in [0.1, 0.15) is 11.9 Å². The lowest BCUT2D eigenvalue weighted by molar-refractivity contribution is -0.890. The van der Waals surface area contributed by atoms with Gasteiger partial charge in [-0.05, 0) is 48.2 Å². The van der Waals surface area contributed by atoms with Crippen LogP contribution in [-0.2, 0) is 5.75 Å². The van der Waals surface area contributed by atoms with E-state index < -0.39 is 0 Å². The van der Waals surface area contributed by atoms with Crippen LogP contribution in [0.1, 0.15) is 49.7 Å². The molecule has 0 saturated heterocycles. The van der Waals surface area contributed by atoms with Crippen molar-refractivity contribution in [3.8, 4) is 5.69 Å². The Balaban J connectivity index is 1.88. The van der Waals surface area contributed by atoms with Crippen molar-refractivity contribution in [2.45, 2.75) is 43.6 Å². The normalized spacial score (nSPS) is 12.7. The van der Waals surface area contributed by atoms with Crippen LogP contribution in [-0.4, -0.2) is 28.9 Å². The highest BCUT2D eigenvalue weighted by Crippen LogP contribution is 2.27. The first-order valence-corrected chi connectivity index (χ1v) is 10.6. The summed E-state index contributed by atoms with van der Waals surface area (Å²) in [5.74, 6) is 1.97. The van der Waals surface area contributed by atoms with Gasteiger partial charge in [-0.3, -0.25) is 4.57 Å². The topological polar surface area (TPSA) is 35.2 Å². The third-order valence-corrected chi connectivity index (χ3v) is 6.01. The number of benzene rings is 2. The van der Waals surface area contributed by atoms with Gasteiger partial charge in [0, 0.05) is 11.4 Å². The number of halogens is 1. The molecule has 0 radical (unpaired) electrons. The minimum atomic E-state index is -0.246. The number of nitrogens with zero attached hydrogens (tertiary/aromatic N) is 3. The summed E-state index contributed by atoms with van der Waals surface area (Å²) < 4.78 is 15.5. The monoisotopic (exact) mass is 399 g/mol. The lowest BCUT2D eigenvalue weighted by Crippen LogP contribution is -3.05. The second-order valence-electron chi connectivity index (χ2n) is 7.64. The zero-order valence-corrected chi connectivity index (χ0v) is 17.9. The predicted molar refractivity (Wildman–Crippen MR) is 113 cm³/mol. The van der Waals surface area contributed by atoms with Gasteiger partial charge >= 0.3 is 0 Å². The number of aromatic nitrogens is 3. The molecular weight excluding hydrogens is 371 g/mol. The number of thioether (sulfide) groups is 1. The van der Waals surface area contributed by atoms with Crippen LogP contribution in [0.5, 0.6) is 0 Å². The Morgan fingerprint density at radius 3 is 2.18 bits per heavy atom. The Morgan fingerprint density at radius 1 is 0.964 bits per heavy atom. The van der Waals surface area contributed by atoms with Crippen molar-refractivity contribution in [1.29, 1.82) is 0 Å². The first kappa shape index (κ1) is 20.6. The van der Waals surface area contributed by atoms with Gasteiger partial charge in [-0.15, -0.1) is 10.2 Å². The molecule has 0 aliphatic carbocycles. The Labute approximate surface area is 170 Å². The summed E-state index contributed by atoms with van der Waals surface area (Å²) in [6.45, 7) is 6.52. The molecule has 0 fully saturated rings. The fourth-order valence-corrected chi connectivity index (χ4v) is 3.81. The quantitative estimate of drug-likeness (QED) is 0.609. The first-order valence-electron chi connectivity index (χ1n) is 9.59. The second kappa shape index (κ2) is 8.88. The number of nitrogens with one attached hydrogen (secondary N) is 1. The maximum absolute atomic E-state index is 13.4. The molecule has 0 aliphatic heterocycles. The summed E-state index contributed by atoms with van der Waals surface area (Å²) in [7, 11) is 4.19. The number of rotatable bonds is 7. The fourth-order valence-electron chi connectivity index (χ4n) is 2.89. The fraction of sp³-hybridized carbons (Fsp3) is 0.364. The third-order valence-electron chi connectivity index (χ3n) is 5.01. The zero-order valence-electron chi connectivity index (χ0n) is 17.1. The van der Waals surface area contributed by atoms with E-state index in [-0.39, 0.29) is 11.9 Å². The van der Waals surface area contributed by atoms with Gasteiger partial charge in [-0.25, -0.2) is 4.39 Å². The van der Waals surface area contributed by atoms with Crippen LogP contribution in [0.4, 0.5) is 4.39 Å². The maximum atomic E-state index is 13.4. The molecule has 0 spiro atoms. The molecule has 1 N–H and O–H groups in total. The van der Waals surface area contributed by atoms with Crippen molar-refractivity contribution < 1.29 is 9.29 Å². The van der Waals surface area contributed by atoms with E-state index in [0.717, 1.165) is 22.4 Å². The molecule has 4 nitrogen and oxygen atoms in total. The standard InChI is InChI=1S/C22H27FN4S/c1-15(2)18-8-6-17(7-9-18)14-28-22-25-24-21(16(3)26(4)5)27(22)20-12-10-19(23)11-13-20/h6-13,15-16H,14H2,1-5H3/p+1/t16-/m0/s1. The van der Waals surface area contributed by atoms with Crippen LogP contribution >= 0.6 is 11.8 Å². The van der Waals surface area contributed by atoms with Gasteiger partial charge in [0.05, 0.1) is 14.1 Å². The highest BCUT2D eigenvalue weighted by atomic mass is 32.2. The van der Waals surface area contributed by atoms with E-state index in [2.05, 4.69) is 69.3 Å². The third kappa shape index (κ3) is 4.62. The zero-order chi connectivity index (χ0) is 20.3. The highest BCUT2D eigenvalue weighted by molar-refractivity contribution is 7.98. The summed E-state index contributed by atoms with van der Waals surface area (Å²) in [5.41, 5.74) is 3.47. The van der Waals surface area contributed by atoms with Crippen molar-refractivity contribution >= 4 is 11.8 Å². The molecule has 0 unspecified atom stereocenters. The lowest BCUT2D eigenvalue weighted by atomic mass is 10.0. The SMILES string of the molecule is CC(C)c1ccc(CSc2nnc([C@H](C)[NH+](C)C)n2-c2ccc(F)cc2)cc1. The summed E-state index contributed by atoms with van der Waals surface area (Å²) in [5, 5.41) is 9.73. The number of quaternary nitrogens is 1. The molecule has 1 atom stereocenters. The van der Waals surface area contributed by atoms with Crippen LogP contribution in [0.2, 0.25) is 0 Å². The second-order valence-corrected chi connectivity index (χ2v) is 8.58. The van der Waals surface area contributed by atoms with Gasteiger partial charge in [-0.2, -0.15) is 0 Å². The Morgan fingerprint density at radius 2 is 1.61 bits per heavy atom. The molecule has 28 heavy (non-hydrogen) atoms. The Kier molecular flexibility index (Phi) is 6.52. The molecule has 3 rings (SSSR count). The van der Waals surface area contributed by atoms with E-state index >= 15 is 0 Å². The molecule has 6 heteroatoms. The highest BCUT2D eigenvalue weighted by Gasteiger charge is 2.23. The molecule has 0 saturated carbocycles. The number of hydrogen-bond acceptors (Lipinski definition) is 3. The molecular formula is C22H28FN4S+. The molecule has 0 amide bonds. The van der Waals surface area contributed by atoms with Gasteiger partial charge in [-0.1, -0.05) is 49.9 Å². The van der Waals surface area contributed by atoms with Gasteiger partial charge in [0.2, 0.25) is 0 Å². The van der Waals surface area contributed by atoms with Crippen molar-refractivity contribution in [1.82, 2.24) is 14.8 Å². The van der Waals surface area contributed by atoms with E-state index in [1.807, 2.05) is 4.57 Å². The molecule has 3 aromatic rings. The smallest absolute Gasteiger partial charge is 0.196 e. The van der Waals surface area contributed by atoms with Crippen LogP contribution < -0.4 is 4.90 Å². The first-order chi connectivity index (χ1) is 13.4. The average molecular weight is 400 g/mol. The summed E-state index contributed by atoms with van der Waals surface area (Å²) in [6, 6.07) is 15.4. The molecule has 2 aromatic carbocycles. The van der Waals surface area contributed by atoms with Crippen LogP contribution in [0.3, 0.4) is 0 Å². The largest absolute Gasteiger partial charge is 0.331 e. The van der Waals surface area contributed by atoms with Crippen molar-refractivity contribution in [3.63, 3.8) is 0 Å². The molecule has 1 aromatic heterocycles. The minimum absolute atomic E-state index is 0.164. The van der Waals surface area contributed by atoms with Gasteiger partial charge in [0.15, 0.2) is 11.0 Å². The van der Waals surface area contributed by atoms with E-state index in [9.17, 15) is 4.39 Å². The summed E-state index contributed by atoms with van der Waals surface area (Å²) in [6.07, 6.45) is 0. The van der Waals surface area contributed by atoms with Crippen molar-refractivity contribution in [3.05, 3.63) is 71.3 Å². The molecule has 0 bridgehead atoms. The van der Waals surface area contributed by atoms with Gasteiger partial charge in [0.25, 0.3) is 0 Å². The Hall–Kier alpha value is -2.18. The van der Waals surface area contributed by atoms with Gasteiger partial charge < -0.3 is 4.90 Å². The molecule has 1 heterocycles. The van der Waals surface area contributed by atoms with Crippen LogP contribution in [0.25, 0.3) is 5.69 Å². The van der Waals surface area contributed by atoms with E-state index in [1.54, 1.807) is 23.9 Å². The summed E-state index contributed by atoms with van der Waals surface area (Å²) >= 11 is 1.65. The van der Waals surface area contributed by atoms with Crippen LogP contribution in [0, 0.1) is 5.82 Å². The Bertz CT molecular complexity index is 901. The average Bonchev–Trinajstić information content (AvgIpc) is 3.10. The van der Waals surface area contributed by atoms with E-state index in [4.69, 9.17) is 0 Å². The molecule has 148 valence electrons. The van der Waals surface area contributed by atoms with Crippen LogP contribution in [0.15, 0.2) is 53.7 Å². The maximum Gasteiger partial charge on any atom is 0.196 e. The molecule has 0 aliphatic rings. The summed E-state index contributed by atoms with van der Waals surface area (Å²) in [4.78, 5) is 1.26. The van der Waals surface area contributed by atoms with Crippen molar-refractivity contribution in [2.24, 2.45) is 0 Å². The van der Waals surface area contributed by atoms with Crippen molar-refractivity contribution in [2.75, 3.05) is 14.1 Å².